The van der Waals surface area contributed by atoms with Gasteiger partial charge in [-0.15, -0.1) is 0 Å². The van der Waals surface area contributed by atoms with Crippen LogP contribution in [0.4, 0.5) is 5.69 Å². The van der Waals surface area contributed by atoms with Gasteiger partial charge in [0.15, 0.2) is 0 Å². The molecule has 2 aromatic carbocycles. The van der Waals surface area contributed by atoms with Crippen LogP contribution < -0.4 is 5.32 Å². The molecule has 0 aliphatic rings. The number of rotatable bonds is 3. The molecule has 0 radical (unpaired) electrons. The van der Waals surface area contributed by atoms with Crippen LogP contribution in [-0.2, 0) is 0 Å². The molecule has 1 amide bonds. The number of amides is 1. The van der Waals surface area contributed by atoms with Crippen LogP contribution in [0.3, 0.4) is 0 Å². The van der Waals surface area contributed by atoms with E-state index in [2.05, 4.69) is 5.32 Å². The summed E-state index contributed by atoms with van der Waals surface area (Å²) in [5.41, 5.74) is 2.81. The van der Waals surface area contributed by atoms with Crippen molar-refractivity contribution in [1.29, 1.82) is 5.26 Å². The van der Waals surface area contributed by atoms with Crippen molar-refractivity contribution < 1.29 is 4.79 Å². The van der Waals surface area contributed by atoms with E-state index in [1.807, 2.05) is 47.3 Å². The van der Waals surface area contributed by atoms with Crippen LogP contribution in [0.5, 0.6) is 0 Å². The summed E-state index contributed by atoms with van der Waals surface area (Å²) in [5.74, 6) is -0.177. The summed E-state index contributed by atoms with van der Waals surface area (Å²) in [6, 6.07) is 20.1. The van der Waals surface area contributed by atoms with Gasteiger partial charge < -0.3 is 9.88 Å². The number of benzene rings is 2. The normalized spacial score (nSPS) is 9.95. The highest BCUT2D eigenvalue weighted by atomic mass is 16.1. The number of nitrogens with one attached hydrogen (secondary N) is 1. The van der Waals surface area contributed by atoms with Crippen LogP contribution in [0, 0.1) is 11.3 Å². The van der Waals surface area contributed by atoms with Crippen molar-refractivity contribution in [2.75, 3.05) is 5.32 Å². The van der Waals surface area contributed by atoms with Crippen molar-refractivity contribution in [1.82, 2.24) is 4.57 Å². The van der Waals surface area contributed by atoms with E-state index < -0.39 is 0 Å². The van der Waals surface area contributed by atoms with Crippen LogP contribution in [0.1, 0.15) is 15.9 Å². The predicted octanol–water partition coefficient (Wildman–Crippen LogP) is 3.60. The lowest BCUT2D eigenvalue weighted by molar-refractivity contribution is 0.102. The number of hydrogen-bond donors (Lipinski definition) is 1. The maximum atomic E-state index is 12.2. The van der Waals surface area contributed by atoms with E-state index in [1.54, 1.807) is 36.4 Å². The van der Waals surface area contributed by atoms with Crippen molar-refractivity contribution in [3.05, 3.63) is 84.2 Å². The topological polar surface area (TPSA) is 57.8 Å². The summed E-state index contributed by atoms with van der Waals surface area (Å²) in [6.45, 7) is 0. The number of hydrogen-bond acceptors (Lipinski definition) is 2. The Balaban J connectivity index is 1.73. The predicted molar refractivity (Wildman–Crippen MR) is 84.9 cm³/mol. The summed E-state index contributed by atoms with van der Waals surface area (Å²) in [4.78, 5) is 12.2. The first-order valence-corrected chi connectivity index (χ1v) is 6.81. The molecule has 0 saturated carbocycles. The molecule has 0 aliphatic carbocycles. The largest absolute Gasteiger partial charge is 0.324 e. The molecule has 4 nitrogen and oxygen atoms in total. The number of carbonyl (C=O) groups excluding carboxylic acids is 1. The Bertz CT molecular complexity index is 810. The molecule has 0 aliphatic heterocycles. The molecular formula is C18H13N3O. The van der Waals surface area contributed by atoms with Gasteiger partial charge in [-0.3, -0.25) is 4.79 Å². The van der Waals surface area contributed by atoms with Crippen LogP contribution in [0.25, 0.3) is 5.69 Å². The van der Waals surface area contributed by atoms with Gasteiger partial charge in [-0.05, 0) is 60.7 Å². The van der Waals surface area contributed by atoms with Crippen molar-refractivity contribution >= 4 is 11.6 Å². The zero-order chi connectivity index (χ0) is 15.4. The summed E-state index contributed by atoms with van der Waals surface area (Å²) in [5, 5.41) is 11.6. The first kappa shape index (κ1) is 13.7. The molecule has 0 spiro atoms. The van der Waals surface area contributed by atoms with Crippen molar-refractivity contribution in [2.45, 2.75) is 0 Å². The van der Waals surface area contributed by atoms with Gasteiger partial charge in [0.25, 0.3) is 5.91 Å². The van der Waals surface area contributed by atoms with E-state index in [9.17, 15) is 4.79 Å². The SMILES string of the molecule is N#Cc1ccc(NC(=O)c2ccc(-n3cccc3)cc2)cc1. The number of carbonyl (C=O) groups is 1. The van der Waals surface area contributed by atoms with Crippen molar-refractivity contribution in [2.24, 2.45) is 0 Å². The van der Waals surface area contributed by atoms with Crippen LogP contribution in [-0.4, -0.2) is 10.5 Å². The molecule has 1 N–H and O–H groups in total. The van der Waals surface area contributed by atoms with Crippen LogP contribution in [0.15, 0.2) is 73.1 Å². The van der Waals surface area contributed by atoms with E-state index in [0.717, 1.165) is 5.69 Å². The molecule has 0 atom stereocenters. The Morgan fingerprint density at radius 3 is 2.18 bits per heavy atom. The number of nitriles is 1. The maximum absolute atomic E-state index is 12.2. The van der Waals surface area contributed by atoms with E-state index in [4.69, 9.17) is 5.26 Å². The molecule has 3 rings (SSSR count). The van der Waals surface area contributed by atoms with Crippen LogP contribution in [0.2, 0.25) is 0 Å². The second-order valence-electron chi connectivity index (χ2n) is 4.78. The van der Waals surface area contributed by atoms with E-state index in [0.29, 0.717) is 16.8 Å². The van der Waals surface area contributed by atoms with Crippen molar-refractivity contribution in [3.63, 3.8) is 0 Å². The van der Waals surface area contributed by atoms with Gasteiger partial charge in [-0.2, -0.15) is 5.26 Å². The lowest BCUT2D eigenvalue weighted by Gasteiger charge is -2.07. The van der Waals surface area contributed by atoms with Crippen LogP contribution >= 0.6 is 0 Å². The number of anilines is 1. The van der Waals surface area contributed by atoms with Gasteiger partial charge in [0, 0.05) is 29.3 Å². The van der Waals surface area contributed by atoms with Crippen molar-refractivity contribution in [3.8, 4) is 11.8 Å². The molecule has 3 aromatic rings. The van der Waals surface area contributed by atoms with E-state index in [1.165, 1.54) is 0 Å². The molecule has 1 aromatic heterocycles. The van der Waals surface area contributed by atoms with E-state index in [-0.39, 0.29) is 5.91 Å². The van der Waals surface area contributed by atoms with Gasteiger partial charge in [-0.1, -0.05) is 0 Å². The highest BCUT2D eigenvalue weighted by Gasteiger charge is 2.06. The first-order valence-electron chi connectivity index (χ1n) is 6.81. The minimum atomic E-state index is -0.177. The average Bonchev–Trinajstić information content (AvgIpc) is 3.10. The molecule has 0 fully saturated rings. The number of aromatic nitrogens is 1. The molecular weight excluding hydrogens is 274 g/mol. The number of nitrogens with zero attached hydrogens (tertiary/aromatic N) is 2. The summed E-state index contributed by atoms with van der Waals surface area (Å²) in [6.07, 6.45) is 3.90. The molecule has 0 bridgehead atoms. The molecule has 106 valence electrons. The first-order chi connectivity index (χ1) is 10.8. The van der Waals surface area contributed by atoms with Gasteiger partial charge >= 0.3 is 0 Å². The Morgan fingerprint density at radius 1 is 0.955 bits per heavy atom. The Hall–Kier alpha value is -3.32. The van der Waals surface area contributed by atoms with Gasteiger partial charge in [0.05, 0.1) is 11.6 Å². The minimum Gasteiger partial charge on any atom is -0.324 e. The Morgan fingerprint density at radius 2 is 1.59 bits per heavy atom. The molecule has 0 saturated heterocycles. The smallest absolute Gasteiger partial charge is 0.255 e. The quantitative estimate of drug-likeness (QED) is 0.800. The second-order valence-corrected chi connectivity index (χ2v) is 4.78. The van der Waals surface area contributed by atoms with Gasteiger partial charge in [-0.25, -0.2) is 0 Å². The highest BCUT2D eigenvalue weighted by Crippen LogP contribution is 2.13. The van der Waals surface area contributed by atoms with Gasteiger partial charge in [0.2, 0.25) is 0 Å². The standard InChI is InChI=1S/C18H13N3O/c19-13-14-3-7-16(8-4-14)20-18(22)15-5-9-17(10-6-15)21-11-1-2-12-21/h1-12H,(H,20,22). The second kappa shape index (κ2) is 5.98. The fourth-order valence-electron chi connectivity index (χ4n) is 2.12. The molecule has 1 heterocycles. The fourth-order valence-corrected chi connectivity index (χ4v) is 2.12. The lowest BCUT2D eigenvalue weighted by atomic mass is 10.1. The summed E-state index contributed by atoms with van der Waals surface area (Å²) < 4.78 is 1.97. The van der Waals surface area contributed by atoms with Gasteiger partial charge in [0.1, 0.15) is 0 Å². The highest BCUT2D eigenvalue weighted by molar-refractivity contribution is 6.04. The molecule has 22 heavy (non-hydrogen) atoms. The third kappa shape index (κ3) is 2.89. The third-order valence-electron chi connectivity index (χ3n) is 3.30. The lowest BCUT2D eigenvalue weighted by Crippen LogP contribution is -2.11. The molecule has 4 heteroatoms. The monoisotopic (exact) mass is 287 g/mol. The zero-order valence-corrected chi connectivity index (χ0v) is 11.7. The average molecular weight is 287 g/mol. The maximum Gasteiger partial charge on any atom is 0.255 e. The summed E-state index contributed by atoms with van der Waals surface area (Å²) >= 11 is 0. The van der Waals surface area contributed by atoms with E-state index >= 15 is 0 Å². The Labute approximate surface area is 128 Å². The minimum absolute atomic E-state index is 0.177. The fraction of sp³-hybridized carbons (Fsp3) is 0. The summed E-state index contributed by atoms with van der Waals surface area (Å²) in [7, 11) is 0. The molecule has 0 unspecified atom stereocenters. The Kier molecular flexibility index (Phi) is 3.71. The zero-order valence-electron chi connectivity index (χ0n) is 11.7. The third-order valence-corrected chi connectivity index (χ3v) is 3.30.